The number of nitrogens with zero attached hydrogens (tertiary/aromatic N) is 5. The van der Waals surface area contributed by atoms with Crippen molar-refractivity contribution in [1.29, 1.82) is 15.8 Å². The van der Waals surface area contributed by atoms with Crippen molar-refractivity contribution in [3.05, 3.63) is 67.1 Å². The fourth-order valence-electron chi connectivity index (χ4n) is 6.01. The maximum Gasteiger partial charge on any atom is 0.263 e. The Labute approximate surface area is 282 Å². The lowest BCUT2D eigenvalue weighted by molar-refractivity contribution is 0.0241. The van der Waals surface area contributed by atoms with E-state index in [-0.39, 0.29) is 22.2 Å². The third kappa shape index (κ3) is 4.71. The molecule has 1 spiro atoms. The predicted octanol–water partition coefficient (Wildman–Crippen LogP) is 10.9. The molecule has 1 fully saturated rings. The fourth-order valence-corrected chi connectivity index (χ4v) is 13.4. The standard InChI is InChI=1S/C32H18N6OS6/c1-36-17(15-35)12-19-6-8-20(41-19)28-37-30-25(43-28)22-24(42-30)26-23(39-32(22)9-3-2-4-10-32)27-31(44-26)38-29(45-27)21-7-5-18(40-21)11-16(13-33)14-34/h5-8,11-12,29,38H,2-4,9-10H2/b17-12+. The molecule has 0 radical (unpaired) electrons. The Bertz CT molecular complexity index is 2230. The minimum absolute atomic E-state index is 0.0456. The molecule has 1 aliphatic carbocycles. The quantitative estimate of drug-likeness (QED) is 0.147. The van der Waals surface area contributed by atoms with Crippen molar-refractivity contribution >= 4 is 95.1 Å². The van der Waals surface area contributed by atoms with Crippen LogP contribution in [0.15, 0.2) is 40.4 Å². The summed E-state index contributed by atoms with van der Waals surface area (Å²) in [4.78, 5) is 17.0. The second-order valence-electron chi connectivity index (χ2n) is 10.7. The molecule has 0 saturated heterocycles. The lowest BCUT2D eigenvalue weighted by Gasteiger charge is -2.41. The van der Waals surface area contributed by atoms with Gasteiger partial charge in [0.15, 0.2) is 5.75 Å². The summed E-state index contributed by atoms with van der Waals surface area (Å²) in [5.74, 6) is 0.995. The summed E-state index contributed by atoms with van der Waals surface area (Å²) in [6, 6.07) is 13.8. The van der Waals surface area contributed by atoms with Crippen LogP contribution >= 0.6 is 68.4 Å². The molecule has 0 amide bonds. The SMILES string of the molecule is [C-]#[N+]/C(C#N)=C/c1ccc(-c2nc3sc4c(c3s2)C2(CCCCC2)Oc2c-4sc3c2SC(c2ccc(C=C(C#N)C#N)s2)N3)s1. The van der Waals surface area contributed by atoms with Crippen LogP contribution in [0.2, 0.25) is 0 Å². The molecule has 0 bridgehead atoms. The van der Waals surface area contributed by atoms with Gasteiger partial charge < -0.3 is 10.1 Å². The van der Waals surface area contributed by atoms with E-state index in [0.29, 0.717) is 0 Å². The van der Waals surface area contributed by atoms with Crippen LogP contribution in [-0.2, 0) is 5.60 Å². The predicted molar refractivity (Wildman–Crippen MR) is 185 cm³/mol. The summed E-state index contributed by atoms with van der Waals surface area (Å²) in [7, 11) is 0. The van der Waals surface area contributed by atoms with Gasteiger partial charge in [-0.05, 0) is 62.1 Å². The number of thiazole rings is 1. The molecule has 1 atom stereocenters. The molecule has 218 valence electrons. The Morgan fingerprint density at radius 1 is 0.956 bits per heavy atom. The zero-order chi connectivity index (χ0) is 30.7. The number of nitriles is 3. The third-order valence-electron chi connectivity index (χ3n) is 7.98. The molecule has 7 heterocycles. The van der Waals surface area contributed by atoms with Gasteiger partial charge in [-0.15, -0.1) is 56.7 Å². The third-order valence-corrected chi connectivity index (χ3v) is 15.3. The Morgan fingerprint density at radius 2 is 1.76 bits per heavy atom. The van der Waals surface area contributed by atoms with E-state index in [4.69, 9.17) is 32.1 Å². The lowest BCUT2D eigenvalue weighted by Crippen LogP contribution is -2.37. The molecule has 3 aliphatic rings. The highest BCUT2D eigenvalue weighted by atomic mass is 32.2. The van der Waals surface area contributed by atoms with Crippen LogP contribution in [0.5, 0.6) is 5.75 Å². The van der Waals surface area contributed by atoms with Gasteiger partial charge in [-0.1, -0.05) is 18.2 Å². The number of fused-ring (bicyclic) bond motifs is 8. The number of thiophene rings is 4. The van der Waals surface area contributed by atoms with E-state index in [2.05, 4.69) is 16.2 Å². The second kappa shape index (κ2) is 11.2. The average molecular weight is 695 g/mol. The molecule has 0 aromatic carbocycles. The molecule has 5 aromatic rings. The summed E-state index contributed by atoms with van der Waals surface area (Å²) in [6.45, 7) is 7.18. The minimum atomic E-state index is -0.372. The summed E-state index contributed by atoms with van der Waals surface area (Å²) >= 11 is 10.1. The van der Waals surface area contributed by atoms with Crippen LogP contribution in [-0.4, -0.2) is 4.98 Å². The first-order chi connectivity index (χ1) is 22.0. The van der Waals surface area contributed by atoms with Crippen LogP contribution in [0.1, 0.15) is 57.7 Å². The van der Waals surface area contributed by atoms with Crippen LogP contribution in [0.4, 0.5) is 5.00 Å². The van der Waals surface area contributed by atoms with Crippen LogP contribution in [0, 0.1) is 40.6 Å². The van der Waals surface area contributed by atoms with E-state index >= 15 is 0 Å². The lowest BCUT2D eigenvalue weighted by atomic mass is 9.78. The highest BCUT2D eigenvalue weighted by Crippen LogP contribution is 2.66. The van der Waals surface area contributed by atoms with Crippen LogP contribution in [0.25, 0.3) is 46.2 Å². The van der Waals surface area contributed by atoms with E-state index in [1.165, 1.54) is 26.4 Å². The maximum atomic E-state index is 9.16. The smallest absolute Gasteiger partial charge is 0.263 e. The van der Waals surface area contributed by atoms with Gasteiger partial charge in [0.05, 0.1) is 36.9 Å². The molecule has 1 saturated carbocycles. The number of ether oxygens (including phenoxy) is 1. The largest absolute Gasteiger partial charge is 0.480 e. The van der Waals surface area contributed by atoms with Crippen LogP contribution < -0.4 is 10.1 Å². The Morgan fingerprint density at radius 3 is 2.53 bits per heavy atom. The van der Waals surface area contributed by atoms with Crippen LogP contribution in [0.3, 0.4) is 0 Å². The first-order valence-electron chi connectivity index (χ1n) is 14.0. The number of thioether (sulfide) groups is 1. The molecule has 45 heavy (non-hydrogen) atoms. The van der Waals surface area contributed by atoms with Crippen molar-refractivity contribution in [2.75, 3.05) is 5.32 Å². The van der Waals surface area contributed by atoms with E-state index in [0.717, 1.165) is 70.7 Å². The minimum Gasteiger partial charge on any atom is -0.480 e. The fraction of sp³-hybridized carbons (Fsp3) is 0.219. The number of allylic oxidation sites excluding steroid dienone is 2. The first kappa shape index (κ1) is 28.5. The molecular weight excluding hydrogens is 677 g/mol. The second-order valence-corrected chi connectivity index (χ2v) is 17.1. The first-order valence-corrected chi connectivity index (χ1v) is 18.9. The molecule has 5 aromatic heterocycles. The van der Waals surface area contributed by atoms with E-state index in [9.17, 15) is 0 Å². The van der Waals surface area contributed by atoms with Gasteiger partial charge in [0.25, 0.3) is 5.70 Å². The molecule has 13 heteroatoms. The zero-order valence-corrected chi connectivity index (χ0v) is 28.1. The van der Waals surface area contributed by atoms with Crippen molar-refractivity contribution in [3.63, 3.8) is 0 Å². The highest BCUT2D eigenvalue weighted by Gasteiger charge is 2.48. The molecule has 2 aliphatic heterocycles. The molecule has 7 nitrogen and oxygen atoms in total. The van der Waals surface area contributed by atoms with E-state index in [1.807, 2.05) is 36.4 Å². The Hall–Kier alpha value is -3.92. The number of anilines is 1. The number of rotatable bonds is 4. The molecule has 8 rings (SSSR count). The molecular formula is C32H18N6OS6. The van der Waals surface area contributed by atoms with Gasteiger partial charge in [0, 0.05) is 20.2 Å². The topological polar surface area (TPSA) is 110 Å². The Balaban J connectivity index is 1.16. The summed E-state index contributed by atoms with van der Waals surface area (Å²) < 4.78 is 8.40. The van der Waals surface area contributed by atoms with E-state index < -0.39 is 0 Å². The number of hydrogen-bond donors (Lipinski definition) is 1. The van der Waals surface area contributed by atoms with Gasteiger partial charge in [-0.25, -0.2) is 15.1 Å². The van der Waals surface area contributed by atoms with Gasteiger partial charge in [0.2, 0.25) is 0 Å². The van der Waals surface area contributed by atoms with Crippen molar-refractivity contribution in [2.45, 2.75) is 48.0 Å². The normalized spacial score (nSPS) is 17.6. The number of hydrogen-bond acceptors (Lipinski definition) is 12. The summed E-state index contributed by atoms with van der Waals surface area (Å²) in [6.07, 6.45) is 8.69. The van der Waals surface area contributed by atoms with Gasteiger partial charge in [-0.2, -0.15) is 10.5 Å². The highest BCUT2D eigenvalue weighted by molar-refractivity contribution is 8.00. The zero-order valence-electron chi connectivity index (χ0n) is 23.2. The van der Waals surface area contributed by atoms with Crippen molar-refractivity contribution in [3.8, 4) is 43.6 Å². The monoisotopic (exact) mass is 694 g/mol. The molecule has 1 unspecified atom stereocenters. The molecule has 1 N–H and O–H groups in total. The van der Waals surface area contributed by atoms with E-state index in [1.54, 1.807) is 80.6 Å². The van der Waals surface area contributed by atoms with Crippen molar-refractivity contribution < 1.29 is 4.74 Å². The summed E-state index contributed by atoms with van der Waals surface area (Å²) in [5, 5.41) is 33.3. The van der Waals surface area contributed by atoms with Crippen molar-refractivity contribution in [2.24, 2.45) is 0 Å². The van der Waals surface area contributed by atoms with Crippen molar-refractivity contribution in [1.82, 2.24) is 4.98 Å². The maximum absolute atomic E-state index is 9.16. The van der Waals surface area contributed by atoms with Gasteiger partial charge in [0.1, 0.15) is 43.5 Å². The van der Waals surface area contributed by atoms with Gasteiger partial charge in [-0.3, -0.25) is 0 Å². The Kier molecular flexibility index (Phi) is 7.08. The number of nitrogens with one attached hydrogen (secondary N) is 1. The average Bonchev–Trinajstić information content (AvgIpc) is 3.89. The number of aromatic nitrogens is 1. The van der Waals surface area contributed by atoms with Gasteiger partial charge >= 0.3 is 0 Å². The summed E-state index contributed by atoms with van der Waals surface area (Å²) in [5.41, 5.74) is 1.11.